The number of nitrogen functional groups attached to an aromatic ring is 1. The second-order valence-corrected chi connectivity index (χ2v) is 11.7. The molecule has 0 saturated carbocycles. The molecule has 0 aliphatic carbocycles. The smallest absolute Gasteiger partial charge is 0.258 e. The first kappa shape index (κ1) is 29.7. The molecule has 2 fully saturated rings. The van der Waals surface area contributed by atoms with Gasteiger partial charge in [-0.05, 0) is 63.2 Å². The zero-order chi connectivity index (χ0) is 29.8. The largest absolute Gasteiger partial charge is 0.383 e. The predicted molar refractivity (Wildman–Crippen MR) is 162 cm³/mol. The number of likely N-dealkylation sites (N-methyl/N-ethyl adjacent to an activating group) is 1. The van der Waals surface area contributed by atoms with E-state index in [1.165, 1.54) is 12.1 Å². The summed E-state index contributed by atoms with van der Waals surface area (Å²) in [6.07, 6.45) is 1.66. The van der Waals surface area contributed by atoms with Crippen molar-refractivity contribution in [3.8, 4) is 0 Å². The Kier molecular flexibility index (Phi) is 9.24. The lowest BCUT2D eigenvalue weighted by Gasteiger charge is -2.34. The minimum absolute atomic E-state index is 0.0681. The van der Waals surface area contributed by atoms with Gasteiger partial charge in [0.2, 0.25) is 0 Å². The number of ether oxygens (including phenoxy) is 1. The van der Waals surface area contributed by atoms with Crippen LogP contribution in [0.15, 0.2) is 52.3 Å². The molecule has 1 amide bonds. The van der Waals surface area contributed by atoms with Crippen LogP contribution < -0.4 is 21.3 Å². The van der Waals surface area contributed by atoms with Crippen LogP contribution in [0.3, 0.4) is 0 Å². The number of pyridine rings is 1. The van der Waals surface area contributed by atoms with Gasteiger partial charge in [-0.1, -0.05) is 11.8 Å². The Morgan fingerprint density at radius 2 is 1.74 bits per heavy atom. The second-order valence-electron chi connectivity index (χ2n) is 10.6. The average Bonchev–Trinajstić information content (AvgIpc) is 2.95. The lowest BCUT2D eigenvalue weighted by atomic mass is 10.1. The number of nitrogens with two attached hydrogens (primary N) is 1. The molecule has 5 rings (SSSR count). The van der Waals surface area contributed by atoms with E-state index in [0.717, 1.165) is 62.5 Å². The van der Waals surface area contributed by atoms with Crippen LogP contribution in [-0.4, -0.2) is 74.1 Å². The molecule has 5 N–H and O–H groups in total. The van der Waals surface area contributed by atoms with Crippen LogP contribution in [0.5, 0.6) is 0 Å². The van der Waals surface area contributed by atoms with Crippen LogP contribution in [0.25, 0.3) is 0 Å². The zero-order valence-corrected chi connectivity index (χ0v) is 24.5. The standard InChI is InChI=1S/C30H35F2N7O2S/c1-18-27(42-23-14-19(31)13-20(32)15-23)17-25(28(33)35-18)29(34)37-30(40)24-4-3-22(39-9-7-38(2)8-10-39)16-26(24)36-21-5-11-41-12-6-21/h3-4,13-17,21,36H,5-12H2,1-2H3,(H2,33,35)(H2,34,37,40). The Labute approximate surface area is 248 Å². The maximum Gasteiger partial charge on any atom is 0.258 e. The minimum atomic E-state index is -0.692. The fraction of sp³-hybridized carbons (Fsp3) is 0.367. The number of halogens is 2. The Balaban J connectivity index is 1.38. The fourth-order valence-corrected chi connectivity index (χ4v) is 6.01. The Morgan fingerprint density at radius 1 is 1.05 bits per heavy atom. The minimum Gasteiger partial charge on any atom is -0.383 e. The van der Waals surface area contributed by atoms with Gasteiger partial charge in [-0.3, -0.25) is 10.2 Å². The van der Waals surface area contributed by atoms with Gasteiger partial charge in [0.25, 0.3) is 5.91 Å². The highest BCUT2D eigenvalue weighted by molar-refractivity contribution is 7.99. The van der Waals surface area contributed by atoms with Gasteiger partial charge in [-0.25, -0.2) is 13.8 Å². The normalized spacial score (nSPS) is 16.3. The van der Waals surface area contributed by atoms with E-state index < -0.39 is 17.5 Å². The lowest BCUT2D eigenvalue weighted by molar-refractivity contribution is 0.0904. The van der Waals surface area contributed by atoms with Crippen LogP contribution >= 0.6 is 11.8 Å². The molecule has 2 aromatic carbocycles. The summed E-state index contributed by atoms with van der Waals surface area (Å²) in [5, 5.41) is 14.9. The molecule has 0 unspecified atom stereocenters. The number of hydrogen-bond donors (Lipinski definition) is 4. The monoisotopic (exact) mass is 595 g/mol. The van der Waals surface area contributed by atoms with Crippen molar-refractivity contribution in [3.05, 3.63) is 70.9 Å². The van der Waals surface area contributed by atoms with E-state index in [4.69, 9.17) is 15.9 Å². The van der Waals surface area contributed by atoms with Crippen molar-refractivity contribution in [3.63, 3.8) is 0 Å². The molecular formula is C30H35F2N7O2S. The van der Waals surface area contributed by atoms with Crippen LogP contribution in [0.1, 0.15) is 34.5 Å². The van der Waals surface area contributed by atoms with Gasteiger partial charge in [0.05, 0.1) is 16.8 Å². The topological polar surface area (TPSA) is 120 Å². The predicted octanol–water partition coefficient (Wildman–Crippen LogP) is 4.50. The summed E-state index contributed by atoms with van der Waals surface area (Å²) >= 11 is 1.10. The highest BCUT2D eigenvalue weighted by Crippen LogP contribution is 2.33. The van der Waals surface area contributed by atoms with Crippen LogP contribution in [0.4, 0.5) is 26.0 Å². The molecule has 3 heterocycles. The molecule has 2 saturated heterocycles. The molecule has 0 spiro atoms. The molecule has 1 aromatic heterocycles. The molecule has 2 aliphatic rings. The maximum absolute atomic E-state index is 13.7. The second kappa shape index (κ2) is 13.1. The third-order valence-electron chi connectivity index (χ3n) is 7.47. The number of amides is 1. The van der Waals surface area contributed by atoms with Gasteiger partial charge in [-0.15, -0.1) is 0 Å². The number of benzene rings is 2. The number of rotatable bonds is 7. The summed E-state index contributed by atoms with van der Waals surface area (Å²) in [6, 6.07) is 10.7. The number of carbonyl (C=O) groups excluding carboxylic acids is 1. The summed E-state index contributed by atoms with van der Waals surface area (Å²) in [4.78, 5) is 23.4. The third kappa shape index (κ3) is 7.18. The first-order valence-electron chi connectivity index (χ1n) is 13.9. The highest BCUT2D eigenvalue weighted by Gasteiger charge is 2.22. The molecule has 222 valence electrons. The van der Waals surface area contributed by atoms with Crippen molar-refractivity contribution in [2.24, 2.45) is 0 Å². The van der Waals surface area contributed by atoms with Crippen molar-refractivity contribution in [2.75, 3.05) is 62.4 Å². The van der Waals surface area contributed by atoms with Crippen molar-refractivity contribution in [1.29, 1.82) is 5.41 Å². The number of nitrogens with one attached hydrogen (secondary N) is 3. The first-order chi connectivity index (χ1) is 20.2. The number of aromatic nitrogens is 1. The van der Waals surface area contributed by atoms with E-state index >= 15 is 0 Å². The van der Waals surface area contributed by atoms with Crippen molar-refractivity contribution in [1.82, 2.24) is 15.2 Å². The summed E-state index contributed by atoms with van der Waals surface area (Å²) in [5.74, 6) is -2.00. The van der Waals surface area contributed by atoms with Gasteiger partial charge in [0.1, 0.15) is 23.3 Å². The van der Waals surface area contributed by atoms with Crippen molar-refractivity contribution in [2.45, 2.75) is 35.6 Å². The average molecular weight is 596 g/mol. The third-order valence-corrected chi connectivity index (χ3v) is 8.57. The van der Waals surface area contributed by atoms with Gasteiger partial charge >= 0.3 is 0 Å². The first-order valence-corrected chi connectivity index (χ1v) is 14.7. The highest BCUT2D eigenvalue weighted by atomic mass is 32.2. The molecule has 12 heteroatoms. The van der Waals surface area contributed by atoms with Crippen molar-refractivity contribution < 1.29 is 18.3 Å². The molecular weight excluding hydrogens is 560 g/mol. The van der Waals surface area contributed by atoms with Crippen molar-refractivity contribution >= 4 is 40.7 Å². The Morgan fingerprint density at radius 3 is 2.43 bits per heavy atom. The number of carbonyl (C=O) groups is 1. The Hall–Kier alpha value is -3.74. The molecule has 0 atom stereocenters. The van der Waals surface area contributed by atoms with E-state index in [1.807, 2.05) is 12.1 Å². The van der Waals surface area contributed by atoms with E-state index in [-0.39, 0.29) is 23.3 Å². The number of piperazine rings is 1. The van der Waals surface area contributed by atoms with Gasteiger partial charge in [0.15, 0.2) is 0 Å². The summed E-state index contributed by atoms with van der Waals surface area (Å²) in [5.41, 5.74) is 9.03. The van der Waals surface area contributed by atoms with Crippen LogP contribution in [0.2, 0.25) is 0 Å². The maximum atomic E-state index is 13.7. The van der Waals surface area contributed by atoms with E-state index in [9.17, 15) is 13.6 Å². The van der Waals surface area contributed by atoms with E-state index in [2.05, 4.69) is 32.5 Å². The van der Waals surface area contributed by atoms with Crippen LogP contribution in [-0.2, 0) is 4.74 Å². The number of amidine groups is 1. The Bertz CT molecular complexity index is 1450. The summed E-state index contributed by atoms with van der Waals surface area (Å²) < 4.78 is 33.0. The van der Waals surface area contributed by atoms with Gasteiger partial charge in [-0.2, -0.15) is 0 Å². The lowest BCUT2D eigenvalue weighted by Crippen LogP contribution is -2.44. The molecule has 42 heavy (non-hydrogen) atoms. The summed E-state index contributed by atoms with van der Waals surface area (Å²) in [7, 11) is 2.11. The van der Waals surface area contributed by atoms with E-state index in [0.29, 0.717) is 39.9 Å². The number of hydrogen-bond acceptors (Lipinski definition) is 9. The molecule has 3 aromatic rings. The quantitative estimate of drug-likeness (QED) is 0.233. The fourth-order valence-electron chi connectivity index (χ4n) is 5.04. The van der Waals surface area contributed by atoms with Crippen LogP contribution in [0, 0.1) is 24.0 Å². The zero-order valence-electron chi connectivity index (χ0n) is 23.7. The van der Waals surface area contributed by atoms with Gasteiger partial charge in [0, 0.05) is 72.7 Å². The number of anilines is 3. The number of nitrogens with zero attached hydrogens (tertiary/aromatic N) is 3. The van der Waals surface area contributed by atoms with Gasteiger partial charge < -0.3 is 30.9 Å². The molecule has 2 aliphatic heterocycles. The number of aryl methyl sites for hydroxylation is 1. The molecule has 0 radical (unpaired) electrons. The van der Waals surface area contributed by atoms with E-state index in [1.54, 1.807) is 19.1 Å². The molecule has 0 bridgehead atoms. The molecule has 9 nitrogen and oxygen atoms in total. The summed E-state index contributed by atoms with van der Waals surface area (Å²) in [6.45, 7) is 6.74. The SMILES string of the molecule is Cc1nc(N)c(C(=N)NC(=O)c2ccc(N3CCN(C)CC3)cc2NC2CCOCC2)cc1Sc1cc(F)cc(F)c1.